The number of hydrogen-bond donors (Lipinski definition) is 0. The van der Waals surface area contributed by atoms with Crippen LogP contribution >= 0.6 is 0 Å². The molecule has 3 saturated heterocycles. The third kappa shape index (κ3) is 2.99. The third-order valence-corrected chi connectivity index (χ3v) is 7.70. The fourth-order valence-corrected chi connectivity index (χ4v) is 6.23. The number of fused-ring (bicyclic) bond motifs is 5. The Morgan fingerprint density at radius 3 is 2.54 bits per heavy atom. The van der Waals surface area contributed by atoms with Gasteiger partial charge in [0.2, 0.25) is 11.8 Å². The summed E-state index contributed by atoms with van der Waals surface area (Å²) in [6.07, 6.45) is 1.86. The maximum absolute atomic E-state index is 13.9. The number of alkyl halides is 3. The molecule has 1 aromatic rings. The first-order chi connectivity index (χ1) is 16.2. The van der Waals surface area contributed by atoms with Crippen LogP contribution in [-0.2, 0) is 25.3 Å². The van der Waals surface area contributed by atoms with E-state index >= 15 is 0 Å². The van der Waals surface area contributed by atoms with Crippen LogP contribution in [0.4, 0.5) is 18.9 Å². The van der Waals surface area contributed by atoms with Gasteiger partial charge in [-0.15, -0.1) is 6.42 Å². The van der Waals surface area contributed by atoms with Gasteiger partial charge in [-0.2, -0.15) is 18.4 Å². The van der Waals surface area contributed by atoms with Crippen LogP contribution in [0.1, 0.15) is 44.7 Å². The number of carbonyl (C=O) groups is 3. The second-order valence-corrected chi connectivity index (χ2v) is 9.74. The fourth-order valence-electron chi connectivity index (χ4n) is 6.23. The van der Waals surface area contributed by atoms with Gasteiger partial charge >= 0.3 is 6.18 Å². The standard InChI is InChI=1S/C25H24F3N3O4/c1-6-10-30(5)19(32)17-12-22(3)18-20(33)31(21(34)24(18,7-2)23(17,4)35-22)15-9-8-14(13-29)16(11-15)25(26,27)28/h2,8-9,11,17-18H,6,10,12H2,1,3-5H3/t17-,18+,22+,23-,24-/m0/s1. The predicted octanol–water partition coefficient (Wildman–Crippen LogP) is 3.12. The topological polar surface area (TPSA) is 90.7 Å². The Balaban J connectivity index is 1.85. The Kier molecular flexibility index (Phi) is 5.35. The summed E-state index contributed by atoms with van der Waals surface area (Å²) in [5, 5.41) is 9.09. The van der Waals surface area contributed by atoms with Crippen LogP contribution in [-0.4, -0.2) is 47.4 Å². The molecule has 5 atom stereocenters. The van der Waals surface area contributed by atoms with E-state index in [4.69, 9.17) is 16.4 Å². The summed E-state index contributed by atoms with van der Waals surface area (Å²) in [5.74, 6) is -1.51. The number of amides is 3. The Hall–Kier alpha value is -3.37. The lowest BCUT2D eigenvalue weighted by atomic mass is 9.54. The molecule has 0 aromatic heterocycles. The van der Waals surface area contributed by atoms with Crippen LogP contribution in [0.15, 0.2) is 18.2 Å². The van der Waals surface area contributed by atoms with Crippen molar-refractivity contribution in [3.05, 3.63) is 29.3 Å². The molecule has 3 aliphatic rings. The summed E-state index contributed by atoms with van der Waals surface area (Å²) in [6, 6.07) is 4.10. The zero-order valence-electron chi connectivity index (χ0n) is 19.7. The van der Waals surface area contributed by atoms with E-state index in [0.717, 1.165) is 12.1 Å². The molecule has 3 fully saturated rings. The van der Waals surface area contributed by atoms with Crippen molar-refractivity contribution in [3.8, 4) is 18.4 Å². The number of nitrogens with zero attached hydrogens (tertiary/aromatic N) is 3. The van der Waals surface area contributed by atoms with Crippen LogP contribution in [0.25, 0.3) is 0 Å². The average molecular weight is 487 g/mol. The van der Waals surface area contributed by atoms with Crippen molar-refractivity contribution in [2.24, 2.45) is 17.3 Å². The molecule has 0 N–H and O–H groups in total. The van der Waals surface area contributed by atoms with Gasteiger partial charge < -0.3 is 9.64 Å². The molecule has 0 radical (unpaired) electrons. The molecule has 0 unspecified atom stereocenters. The van der Waals surface area contributed by atoms with Gasteiger partial charge in [-0.05, 0) is 44.9 Å². The number of hydrogen-bond acceptors (Lipinski definition) is 5. The zero-order chi connectivity index (χ0) is 26.1. The van der Waals surface area contributed by atoms with Crippen molar-refractivity contribution >= 4 is 23.4 Å². The number of nitriles is 1. The summed E-state index contributed by atoms with van der Waals surface area (Å²) < 4.78 is 46.9. The lowest BCUT2D eigenvalue weighted by Gasteiger charge is -2.42. The van der Waals surface area contributed by atoms with Crippen molar-refractivity contribution in [3.63, 3.8) is 0 Å². The Bertz CT molecular complexity index is 1230. The van der Waals surface area contributed by atoms with Crippen molar-refractivity contribution in [1.29, 1.82) is 5.26 Å². The largest absolute Gasteiger partial charge is 0.417 e. The number of anilines is 1. The molecular weight excluding hydrogens is 463 g/mol. The summed E-state index contributed by atoms with van der Waals surface area (Å²) in [5.41, 5.74) is -6.93. The molecule has 0 spiro atoms. The molecule has 184 valence electrons. The quantitative estimate of drug-likeness (QED) is 0.481. The lowest BCUT2D eigenvalue weighted by molar-refractivity contribution is -0.148. The molecule has 10 heteroatoms. The van der Waals surface area contributed by atoms with Crippen molar-refractivity contribution in [1.82, 2.24) is 4.90 Å². The van der Waals surface area contributed by atoms with Crippen LogP contribution in [0, 0.1) is 40.9 Å². The van der Waals surface area contributed by atoms with Gasteiger partial charge in [0.15, 0.2) is 5.41 Å². The molecule has 3 aliphatic heterocycles. The Labute approximate surface area is 200 Å². The van der Waals surface area contributed by atoms with Gasteiger partial charge in [-0.25, -0.2) is 4.90 Å². The molecule has 4 rings (SSSR count). The summed E-state index contributed by atoms with van der Waals surface area (Å²) in [6.45, 7) is 5.53. The lowest BCUT2D eigenvalue weighted by Crippen LogP contribution is -2.59. The molecule has 2 bridgehead atoms. The van der Waals surface area contributed by atoms with Crippen LogP contribution in [0.3, 0.4) is 0 Å². The fraction of sp³-hybridized carbons (Fsp3) is 0.520. The highest BCUT2D eigenvalue weighted by Crippen LogP contribution is 2.69. The maximum Gasteiger partial charge on any atom is 0.417 e. The highest BCUT2D eigenvalue weighted by Gasteiger charge is 2.84. The van der Waals surface area contributed by atoms with Gasteiger partial charge in [-0.3, -0.25) is 14.4 Å². The number of carbonyl (C=O) groups excluding carboxylic acids is 3. The van der Waals surface area contributed by atoms with Gasteiger partial charge in [0.25, 0.3) is 5.91 Å². The Morgan fingerprint density at radius 2 is 2.00 bits per heavy atom. The van der Waals surface area contributed by atoms with E-state index in [0.29, 0.717) is 23.9 Å². The van der Waals surface area contributed by atoms with Crippen molar-refractivity contribution in [2.45, 2.75) is 51.0 Å². The van der Waals surface area contributed by atoms with E-state index in [1.54, 1.807) is 14.0 Å². The van der Waals surface area contributed by atoms with Crippen LogP contribution in [0.2, 0.25) is 0 Å². The minimum atomic E-state index is -4.88. The van der Waals surface area contributed by atoms with E-state index in [1.807, 2.05) is 6.92 Å². The third-order valence-electron chi connectivity index (χ3n) is 7.70. The Morgan fingerprint density at radius 1 is 1.34 bits per heavy atom. The van der Waals surface area contributed by atoms with Gasteiger partial charge in [0.1, 0.15) is 5.60 Å². The molecule has 3 heterocycles. The normalized spacial score (nSPS) is 33.5. The number of ether oxygens (including phenoxy) is 1. The van der Waals surface area contributed by atoms with Crippen LogP contribution in [0.5, 0.6) is 0 Å². The van der Waals surface area contributed by atoms with Crippen molar-refractivity contribution < 1.29 is 32.3 Å². The summed E-state index contributed by atoms with van der Waals surface area (Å²) in [4.78, 5) is 43.0. The first kappa shape index (κ1) is 24.7. The van der Waals surface area contributed by atoms with E-state index in [9.17, 15) is 27.6 Å². The number of imide groups is 1. The number of terminal acetylenes is 1. The first-order valence-electron chi connectivity index (χ1n) is 11.2. The number of rotatable bonds is 4. The highest BCUT2D eigenvalue weighted by atomic mass is 19.4. The minimum Gasteiger partial charge on any atom is -0.365 e. The first-order valence-corrected chi connectivity index (χ1v) is 11.2. The van der Waals surface area contributed by atoms with Crippen LogP contribution < -0.4 is 4.90 Å². The molecule has 0 saturated carbocycles. The smallest absolute Gasteiger partial charge is 0.365 e. The summed E-state index contributed by atoms with van der Waals surface area (Å²) >= 11 is 0. The van der Waals surface area contributed by atoms with Gasteiger partial charge in [0.05, 0.1) is 40.3 Å². The van der Waals surface area contributed by atoms with Gasteiger partial charge in [-0.1, -0.05) is 12.8 Å². The molecular formula is C25H24F3N3O4. The van der Waals surface area contributed by atoms with E-state index < -0.39 is 57.6 Å². The van der Waals surface area contributed by atoms with Gasteiger partial charge in [0, 0.05) is 13.6 Å². The molecule has 7 nitrogen and oxygen atoms in total. The average Bonchev–Trinajstić information content (AvgIpc) is 3.29. The van der Waals surface area contributed by atoms with Crippen molar-refractivity contribution in [2.75, 3.05) is 18.5 Å². The minimum absolute atomic E-state index is 0.137. The van der Waals surface area contributed by atoms with E-state index in [-0.39, 0.29) is 18.0 Å². The predicted molar refractivity (Wildman–Crippen MR) is 117 cm³/mol. The SMILES string of the molecule is C#C[C@@]12C(=O)N(c3ccc(C#N)c(C(F)(F)F)c3)C(=O)[C@@H]1[C@@]1(C)C[C@@H](C(=O)N(C)CCC)[C@]2(C)O1. The molecule has 0 aliphatic carbocycles. The molecule has 35 heavy (non-hydrogen) atoms. The van der Waals surface area contributed by atoms with E-state index in [1.165, 1.54) is 17.9 Å². The molecule has 1 aromatic carbocycles. The molecule has 3 amide bonds. The van der Waals surface area contributed by atoms with E-state index in [2.05, 4.69) is 5.92 Å². The maximum atomic E-state index is 13.9. The summed E-state index contributed by atoms with van der Waals surface area (Å²) in [7, 11) is 1.63. The number of benzene rings is 1. The second-order valence-electron chi connectivity index (χ2n) is 9.74. The highest BCUT2D eigenvalue weighted by molar-refractivity contribution is 6.26. The number of halogens is 3. The zero-order valence-corrected chi connectivity index (χ0v) is 19.7. The monoisotopic (exact) mass is 487 g/mol. The second kappa shape index (κ2) is 7.56.